The van der Waals surface area contributed by atoms with Gasteiger partial charge in [-0.2, -0.15) is 0 Å². The molecule has 6 heteroatoms. The van der Waals surface area contributed by atoms with E-state index in [9.17, 15) is 0 Å². The smallest absolute Gasteiger partial charge is 0.201 e. The molecule has 4 rings (SSSR count). The van der Waals surface area contributed by atoms with Gasteiger partial charge in [0, 0.05) is 16.8 Å². The number of nitrogens with zero attached hydrogens (tertiary/aromatic N) is 4. The molecule has 4 aromatic rings. The Hall–Kier alpha value is -2.63. The molecule has 0 spiro atoms. The van der Waals surface area contributed by atoms with Crippen LogP contribution in [0.4, 0.5) is 0 Å². The lowest BCUT2D eigenvalue weighted by atomic mass is 10.1. The number of hydrogen-bond donors (Lipinski definition) is 0. The molecule has 0 atom stereocenters. The van der Waals surface area contributed by atoms with E-state index in [0.717, 1.165) is 21.8 Å². The fourth-order valence-corrected chi connectivity index (χ4v) is 3.16. The average molecular weight is 351 g/mol. The van der Waals surface area contributed by atoms with Crippen molar-refractivity contribution in [3.05, 3.63) is 71.2 Å². The van der Waals surface area contributed by atoms with Crippen molar-refractivity contribution in [3.63, 3.8) is 0 Å². The summed E-state index contributed by atoms with van der Waals surface area (Å²) < 4.78 is 0. The molecule has 0 saturated carbocycles. The second-order valence-electron chi connectivity index (χ2n) is 5.03. The third kappa shape index (κ3) is 2.91. The second-order valence-corrected chi connectivity index (χ2v) is 6.42. The maximum atomic E-state index is 5.99. The number of benzene rings is 1. The molecular formula is C18H11ClN4S. The fourth-order valence-electron chi connectivity index (χ4n) is 2.32. The van der Waals surface area contributed by atoms with E-state index in [4.69, 9.17) is 16.6 Å². The standard InChI is InChI=1S/C18H11ClN4S/c19-13-8-6-12(7-9-13)16-17(15-5-3-11-24-15)21-18(23-22-16)14-4-1-2-10-20-14/h1-11H. The molecule has 1 aromatic carbocycles. The summed E-state index contributed by atoms with van der Waals surface area (Å²) >= 11 is 7.60. The minimum absolute atomic E-state index is 0.511. The summed E-state index contributed by atoms with van der Waals surface area (Å²) in [7, 11) is 0. The Kier molecular flexibility index (Phi) is 4.02. The van der Waals surface area contributed by atoms with Crippen LogP contribution in [0.3, 0.4) is 0 Å². The summed E-state index contributed by atoms with van der Waals surface area (Å²) in [5, 5.41) is 11.4. The van der Waals surface area contributed by atoms with E-state index in [-0.39, 0.29) is 0 Å². The van der Waals surface area contributed by atoms with Crippen LogP contribution in [0.25, 0.3) is 33.3 Å². The number of aromatic nitrogens is 4. The van der Waals surface area contributed by atoms with E-state index < -0.39 is 0 Å². The molecule has 0 radical (unpaired) electrons. The quantitative estimate of drug-likeness (QED) is 0.522. The molecule has 0 unspecified atom stereocenters. The molecule has 0 bridgehead atoms. The van der Waals surface area contributed by atoms with E-state index in [0.29, 0.717) is 16.5 Å². The summed E-state index contributed by atoms with van der Waals surface area (Å²) in [4.78, 5) is 10.1. The monoisotopic (exact) mass is 350 g/mol. The lowest BCUT2D eigenvalue weighted by Gasteiger charge is -2.08. The minimum Gasteiger partial charge on any atom is -0.253 e. The van der Waals surface area contributed by atoms with Gasteiger partial charge in [0.2, 0.25) is 5.82 Å². The molecule has 0 fully saturated rings. The largest absolute Gasteiger partial charge is 0.253 e. The van der Waals surface area contributed by atoms with Crippen LogP contribution in [0.1, 0.15) is 0 Å². The molecule has 24 heavy (non-hydrogen) atoms. The Labute approximate surface area is 147 Å². The predicted octanol–water partition coefficient (Wildman–Crippen LogP) is 4.98. The first kappa shape index (κ1) is 14.9. The first-order valence-electron chi connectivity index (χ1n) is 7.27. The van der Waals surface area contributed by atoms with Crippen LogP contribution in [0.5, 0.6) is 0 Å². The van der Waals surface area contributed by atoms with Crippen LogP contribution in [0.2, 0.25) is 5.02 Å². The molecule has 0 saturated heterocycles. The second kappa shape index (κ2) is 6.47. The van der Waals surface area contributed by atoms with Crippen LogP contribution in [-0.4, -0.2) is 20.2 Å². The molecule has 3 heterocycles. The Morgan fingerprint density at radius 2 is 1.71 bits per heavy atom. The highest BCUT2D eigenvalue weighted by atomic mass is 35.5. The summed E-state index contributed by atoms with van der Waals surface area (Å²) in [5.74, 6) is 0.511. The summed E-state index contributed by atoms with van der Waals surface area (Å²) in [5.41, 5.74) is 3.15. The van der Waals surface area contributed by atoms with Crippen LogP contribution in [0.15, 0.2) is 66.2 Å². The first-order chi connectivity index (χ1) is 11.8. The molecule has 4 nitrogen and oxygen atoms in total. The Balaban J connectivity index is 1.89. The summed E-state index contributed by atoms with van der Waals surface area (Å²) in [6, 6.07) is 17.2. The summed E-state index contributed by atoms with van der Waals surface area (Å²) in [6.07, 6.45) is 1.72. The lowest BCUT2D eigenvalue weighted by molar-refractivity contribution is 0.983. The Morgan fingerprint density at radius 1 is 0.833 bits per heavy atom. The van der Waals surface area contributed by atoms with Gasteiger partial charge in [0.15, 0.2) is 0 Å². The van der Waals surface area contributed by atoms with Gasteiger partial charge in [0.05, 0.1) is 4.88 Å². The van der Waals surface area contributed by atoms with Crippen LogP contribution >= 0.6 is 22.9 Å². The highest BCUT2D eigenvalue weighted by Crippen LogP contribution is 2.32. The van der Waals surface area contributed by atoms with E-state index in [1.807, 2.05) is 60.0 Å². The van der Waals surface area contributed by atoms with Crippen molar-refractivity contribution < 1.29 is 0 Å². The van der Waals surface area contributed by atoms with Crippen LogP contribution in [-0.2, 0) is 0 Å². The minimum atomic E-state index is 0.511. The maximum Gasteiger partial charge on any atom is 0.201 e. The molecule has 0 amide bonds. The zero-order valence-corrected chi connectivity index (χ0v) is 14.0. The number of halogens is 1. The SMILES string of the molecule is Clc1ccc(-c2nnc(-c3ccccn3)nc2-c2cccs2)cc1. The highest BCUT2D eigenvalue weighted by molar-refractivity contribution is 7.13. The van der Waals surface area contributed by atoms with E-state index in [1.165, 1.54) is 0 Å². The third-order valence-corrected chi connectivity index (χ3v) is 4.58. The van der Waals surface area contributed by atoms with Crippen molar-refractivity contribution in [2.45, 2.75) is 0 Å². The number of rotatable bonds is 3. The number of thiophene rings is 1. The zero-order valence-electron chi connectivity index (χ0n) is 12.4. The van der Waals surface area contributed by atoms with Gasteiger partial charge in [-0.1, -0.05) is 35.9 Å². The van der Waals surface area contributed by atoms with Crippen LogP contribution in [0, 0.1) is 0 Å². The average Bonchev–Trinajstić information content (AvgIpc) is 3.17. The predicted molar refractivity (Wildman–Crippen MR) is 96.8 cm³/mol. The molecule has 0 aliphatic heterocycles. The number of pyridine rings is 1. The van der Waals surface area contributed by atoms with Gasteiger partial charge in [-0.25, -0.2) is 4.98 Å². The Bertz CT molecular complexity index is 954. The first-order valence-corrected chi connectivity index (χ1v) is 8.53. The van der Waals surface area contributed by atoms with Crippen LogP contribution < -0.4 is 0 Å². The highest BCUT2D eigenvalue weighted by Gasteiger charge is 2.15. The Morgan fingerprint density at radius 3 is 2.42 bits per heavy atom. The van der Waals surface area contributed by atoms with Crippen molar-refractivity contribution in [1.82, 2.24) is 20.2 Å². The molecule has 0 aliphatic carbocycles. The molecule has 0 N–H and O–H groups in total. The van der Waals surface area contributed by atoms with Crippen molar-refractivity contribution in [2.75, 3.05) is 0 Å². The van der Waals surface area contributed by atoms with Crippen molar-refractivity contribution in [1.29, 1.82) is 0 Å². The van der Waals surface area contributed by atoms with E-state index in [2.05, 4.69) is 15.2 Å². The molecule has 116 valence electrons. The zero-order chi connectivity index (χ0) is 16.4. The van der Waals surface area contributed by atoms with Gasteiger partial charge < -0.3 is 0 Å². The van der Waals surface area contributed by atoms with E-state index in [1.54, 1.807) is 17.5 Å². The molecule has 3 aromatic heterocycles. The number of hydrogen-bond acceptors (Lipinski definition) is 5. The normalized spacial score (nSPS) is 10.7. The molecule has 0 aliphatic rings. The maximum absolute atomic E-state index is 5.99. The van der Waals surface area contributed by atoms with Gasteiger partial charge in [-0.3, -0.25) is 4.98 Å². The van der Waals surface area contributed by atoms with Gasteiger partial charge in [0.1, 0.15) is 17.1 Å². The van der Waals surface area contributed by atoms with Gasteiger partial charge in [0.25, 0.3) is 0 Å². The van der Waals surface area contributed by atoms with Crippen molar-refractivity contribution in [3.8, 4) is 33.3 Å². The van der Waals surface area contributed by atoms with E-state index >= 15 is 0 Å². The van der Waals surface area contributed by atoms with Gasteiger partial charge in [-0.15, -0.1) is 21.5 Å². The topological polar surface area (TPSA) is 51.6 Å². The lowest BCUT2D eigenvalue weighted by Crippen LogP contribution is -2.00. The third-order valence-electron chi connectivity index (χ3n) is 3.45. The molecular weight excluding hydrogens is 340 g/mol. The van der Waals surface area contributed by atoms with Gasteiger partial charge >= 0.3 is 0 Å². The van der Waals surface area contributed by atoms with Crippen molar-refractivity contribution in [2.24, 2.45) is 0 Å². The summed E-state index contributed by atoms with van der Waals surface area (Å²) in [6.45, 7) is 0. The van der Waals surface area contributed by atoms with Crippen molar-refractivity contribution >= 4 is 22.9 Å². The van der Waals surface area contributed by atoms with Gasteiger partial charge in [-0.05, 0) is 35.7 Å². The fraction of sp³-hybridized carbons (Fsp3) is 0.